The number of amides is 3. The normalized spacial score (nSPS) is 27.2. The van der Waals surface area contributed by atoms with Crippen molar-refractivity contribution in [2.24, 2.45) is 5.92 Å². The first kappa shape index (κ1) is 16.1. The van der Waals surface area contributed by atoms with Crippen molar-refractivity contribution < 1.29 is 9.59 Å². The van der Waals surface area contributed by atoms with Crippen LogP contribution in [0.2, 0.25) is 0 Å². The third-order valence-electron chi connectivity index (χ3n) is 5.03. The fraction of sp³-hybridized carbons (Fsp3) is 0.875. The Labute approximate surface area is 127 Å². The molecule has 2 aliphatic rings. The molecule has 3 amide bonds. The molecular formula is C16H29N3O2. The van der Waals surface area contributed by atoms with Gasteiger partial charge in [-0.05, 0) is 44.4 Å². The van der Waals surface area contributed by atoms with Crippen LogP contribution in [0.5, 0.6) is 0 Å². The second kappa shape index (κ2) is 7.66. The molecule has 0 radical (unpaired) electrons. The average Bonchev–Trinajstić information content (AvgIpc) is 2.48. The molecule has 1 aliphatic carbocycles. The van der Waals surface area contributed by atoms with Crippen LogP contribution in [0.4, 0.5) is 4.79 Å². The molecule has 0 spiro atoms. The maximum absolute atomic E-state index is 12.0. The number of carbonyl (C=O) groups is 2. The Morgan fingerprint density at radius 1 is 0.952 bits per heavy atom. The van der Waals surface area contributed by atoms with E-state index in [1.807, 2.05) is 4.90 Å². The first-order chi connectivity index (χ1) is 10.1. The molecule has 0 aromatic carbocycles. The van der Waals surface area contributed by atoms with Crippen molar-refractivity contribution in [2.75, 3.05) is 13.1 Å². The van der Waals surface area contributed by atoms with Crippen molar-refractivity contribution in [1.29, 1.82) is 0 Å². The maximum Gasteiger partial charge on any atom is 0.315 e. The third kappa shape index (κ3) is 4.90. The molecule has 2 rings (SSSR count). The van der Waals surface area contributed by atoms with Crippen LogP contribution in [0.15, 0.2) is 0 Å². The van der Waals surface area contributed by atoms with E-state index in [0.717, 1.165) is 44.7 Å². The summed E-state index contributed by atoms with van der Waals surface area (Å²) in [5.74, 6) is 0.979. The summed E-state index contributed by atoms with van der Waals surface area (Å²) in [6, 6.07) is 0.508. The van der Waals surface area contributed by atoms with E-state index in [-0.39, 0.29) is 18.0 Å². The summed E-state index contributed by atoms with van der Waals surface area (Å²) in [6.07, 6.45) is 7.65. The van der Waals surface area contributed by atoms with Gasteiger partial charge in [-0.15, -0.1) is 0 Å². The molecule has 0 bridgehead atoms. The second-order valence-corrected chi connectivity index (χ2v) is 6.52. The highest BCUT2D eigenvalue weighted by molar-refractivity contribution is 5.75. The van der Waals surface area contributed by atoms with E-state index in [9.17, 15) is 9.59 Å². The smallest absolute Gasteiger partial charge is 0.315 e. The van der Waals surface area contributed by atoms with Gasteiger partial charge < -0.3 is 15.5 Å². The molecule has 5 nitrogen and oxygen atoms in total. The minimum Gasteiger partial charge on any atom is -0.343 e. The highest BCUT2D eigenvalue weighted by Crippen LogP contribution is 2.26. The topological polar surface area (TPSA) is 61.4 Å². The first-order valence-electron chi connectivity index (χ1n) is 8.41. The zero-order chi connectivity index (χ0) is 15.2. The molecule has 2 fully saturated rings. The van der Waals surface area contributed by atoms with Crippen LogP contribution < -0.4 is 10.6 Å². The molecule has 1 saturated heterocycles. The van der Waals surface area contributed by atoms with Crippen LogP contribution in [-0.4, -0.2) is 42.0 Å². The number of urea groups is 1. The van der Waals surface area contributed by atoms with Gasteiger partial charge in [0.05, 0.1) is 0 Å². The van der Waals surface area contributed by atoms with E-state index in [0.29, 0.717) is 6.04 Å². The Balaban J connectivity index is 1.65. The monoisotopic (exact) mass is 295 g/mol. The molecule has 1 saturated carbocycles. The molecule has 5 heteroatoms. The van der Waals surface area contributed by atoms with Crippen molar-refractivity contribution in [3.8, 4) is 0 Å². The molecule has 0 unspecified atom stereocenters. The van der Waals surface area contributed by atoms with E-state index in [4.69, 9.17) is 0 Å². The number of nitrogens with zero attached hydrogens (tertiary/aromatic N) is 1. The summed E-state index contributed by atoms with van der Waals surface area (Å²) in [5, 5.41) is 6.18. The van der Waals surface area contributed by atoms with Gasteiger partial charge in [0.25, 0.3) is 0 Å². The molecule has 21 heavy (non-hydrogen) atoms. The lowest BCUT2D eigenvalue weighted by Gasteiger charge is -2.33. The second-order valence-electron chi connectivity index (χ2n) is 6.52. The molecule has 1 heterocycles. The van der Waals surface area contributed by atoms with E-state index >= 15 is 0 Å². The summed E-state index contributed by atoms with van der Waals surface area (Å²) in [6.45, 7) is 5.36. The standard InChI is InChI=1S/C16H29N3O2/c1-3-13-4-6-14(7-5-13)17-16(21)18-15-8-10-19(11-9-15)12(2)20/h13-15H,3-11H2,1-2H3,(H2,17,18,21). The number of piperidine rings is 1. The van der Waals surface area contributed by atoms with Gasteiger partial charge in [0.2, 0.25) is 5.91 Å². The Morgan fingerprint density at radius 3 is 1.95 bits per heavy atom. The van der Waals surface area contributed by atoms with Crippen LogP contribution in [0, 0.1) is 5.92 Å². The Hall–Kier alpha value is -1.26. The Kier molecular flexibility index (Phi) is 5.88. The molecule has 0 aromatic heterocycles. The third-order valence-corrected chi connectivity index (χ3v) is 5.03. The summed E-state index contributed by atoms with van der Waals surface area (Å²) in [7, 11) is 0. The van der Waals surface area contributed by atoms with Crippen LogP contribution in [0.1, 0.15) is 58.8 Å². The molecule has 0 atom stereocenters. The van der Waals surface area contributed by atoms with Crippen molar-refractivity contribution in [3.05, 3.63) is 0 Å². The lowest BCUT2D eigenvalue weighted by atomic mass is 9.84. The first-order valence-corrected chi connectivity index (χ1v) is 8.41. The van der Waals surface area contributed by atoms with E-state index in [1.165, 1.54) is 19.3 Å². The number of hydrogen-bond donors (Lipinski definition) is 2. The summed E-state index contributed by atoms with van der Waals surface area (Å²) >= 11 is 0. The maximum atomic E-state index is 12.0. The van der Waals surface area contributed by atoms with Crippen molar-refractivity contribution in [2.45, 2.75) is 70.9 Å². The van der Waals surface area contributed by atoms with Gasteiger partial charge >= 0.3 is 6.03 Å². The molecule has 120 valence electrons. The Morgan fingerprint density at radius 2 is 1.48 bits per heavy atom. The van der Waals surface area contributed by atoms with E-state index in [1.54, 1.807) is 6.92 Å². The fourth-order valence-corrected chi connectivity index (χ4v) is 3.47. The van der Waals surface area contributed by atoms with Gasteiger partial charge in [0, 0.05) is 32.1 Å². The summed E-state index contributed by atoms with van der Waals surface area (Å²) in [5.41, 5.74) is 0. The van der Waals surface area contributed by atoms with Crippen LogP contribution in [0.3, 0.4) is 0 Å². The Bertz CT molecular complexity index is 357. The molecule has 1 aliphatic heterocycles. The number of nitrogens with one attached hydrogen (secondary N) is 2. The highest BCUT2D eigenvalue weighted by Gasteiger charge is 2.24. The highest BCUT2D eigenvalue weighted by atomic mass is 16.2. The average molecular weight is 295 g/mol. The predicted molar refractivity (Wildman–Crippen MR) is 83.0 cm³/mol. The SMILES string of the molecule is CCC1CCC(NC(=O)NC2CCN(C(C)=O)CC2)CC1. The quantitative estimate of drug-likeness (QED) is 0.839. The number of carbonyl (C=O) groups excluding carboxylic acids is 2. The van der Waals surface area contributed by atoms with E-state index in [2.05, 4.69) is 17.6 Å². The zero-order valence-electron chi connectivity index (χ0n) is 13.4. The number of likely N-dealkylation sites (tertiary alicyclic amines) is 1. The molecular weight excluding hydrogens is 266 g/mol. The predicted octanol–water partition coefficient (Wildman–Crippen LogP) is 2.27. The lowest BCUT2D eigenvalue weighted by Crippen LogP contribution is -2.51. The summed E-state index contributed by atoms with van der Waals surface area (Å²) in [4.78, 5) is 25.2. The van der Waals surface area contributed by atoms with Gasteiger partial charge in [0.15, 0.2) is 0 Å². The number of hydrogen-bond acceptors (Lipinski definition) is 2. The summed E-state index contributed by atoms with van der Waals surface area (Å²) < 4.78 is 0. The zero-order valence-corrected chi connectivity index (χ0v) is 13.4. The molecule has 2 N–H and O–H groups in total. The largest absolute Gasteiger partial charge is 0.343 e. The van der Waals surface area contributed by atoms with Gasteiger partial charge in [0.1, 0.15) is 0 Å². The van der Waals surface area contributed by atoms with Gasteiger partial charge in [-0.2, -0.15) is 0 Å². The van der Waals surface area contributed by atoms with Crippen LogP contribution >= 0.6 is 0 Å². The van der Waals surface area contributed by atoms with Crippen molar-refractivity contribution in [3.63, 3.8) is 0 Å². The number of rotatable bonds is 3. The van der Waals surface area contributed by atoms with Gasteiger partial charge in [-0.3, -0.25) is 4.79 Å². The fourth-order valence-electron chi connectivity index (χ4n) is 3.47. The molecule has 0 aromatic rings. The van der Waals surface area contributed by atoms with Crippen LogP contribution in [-0.2, 0) is 4.79 Å². The minimum absolute atomic E-state index is 0.0313. The van der Waals surface area contributed by atoms with Gasteiger partial charge in [-0.25, -0.2) is 4.79 Å². The van der Waals surface area contributed by atoms with Crippen molar-refractivity contribution in [1.82, 2.24) is 15.5 Å². The lowest BCUT2D eigenvalue weighted by molar-refractivity contribution is -0.129. The van der Waals surface area contributed by atoms with Crippen LogP contribution in [0.25, 0.3) is 0 Å². The van der Waals surface area contributed by atoms with Crippen molar-refractivity contribution >= 4 is 11.9 Å². The van der Waals surface area contributed by atoms with E-state index < -0.39 is 0 Å². The minimum atomic E-state index is -0.0313. The van der Waals surface area contributed by atoms with Gasteiger partial charge in [-0.1, -0.05) is 13.3 Å².